The van der Waals surface area contributed by atoms with Gasteiger partial charge in [-0.2, -0.15) is 0 Å². The Morgan fingerprint density at radius 3 is 2.61 bits per heavy atom. The molecule has 2 aromatic carbocycles. The summed E-state index contributed by atoms with van der Waals surface area (Å²) in [6, 6.07) is 14.7. The van der Waals surface area contributed by atoms with Crippen molar-refractivity contribution in [2.45, 2.75) is 33.0 Å². The maximum atomic E-state index is 13.1. The Morgan fingerprint density at radius 2 is 1.94 bits per heavy atom. The number of aryl methyl sites for hydroxylation is 1. The Kier molecular flexibility index (Phi) is 7.40. The molecule has 0 saturated carbocycles. The highest BCUT2D eigenvalue weighted by molar-refractivity contribution is 6.30. The minimum atomic E-state index is -1.05. The maximum absolute atomic E-state index is 13.1. The van der Waals surface area contributed by atoms with Crippen LogP contribution in [0.4, 0.5) is 10.6 Å². The molecule has 1 fully saturated rings. The molecule has 186 valence electrons. The van der Waals surface area contributed by atoms with Crippen molar-refractivity contribution >= 4 is 35.3 Å². The molecule has 0 spiro atoms. The summed E-state index contributed by atoms with van der Waals surface area (Å²) in [5, 5.41) is 13.0. The fraction of sp³-hybridized carbons (Fsp3) is 0.231. The second kappa shape index (κ2) is 10.7. The van der Waals surface area contributed by atoms with Crippen molar-refractivity contribution in [1.29, 1.82) is 0 Å². The summed E-state index contributed by atoms with van der Waals surface area (Å²) in [4.78, 5) is 44.2. The zero-order chi connectivity index (χ0) is 25.8. The van der Waals surface area contributed by atoms with Crippen LogP contribution >= 0.6 is 11.6 Å². The number of aromatic carboxylic acids is 1. The number of hydrogen-bond acceptors (Lipinski definition) is 6. The van der Waals surface area contributed by atoms with Crippen molar-refractivity contribution in [1.82, 2.24) is 14.8 Å². The van der Waals surface area contributed by atoms with E-state index in [-0.39, 0.29) is 37.0 Å². The van der Waals surface area contributed by atoms with Crippen LogP contribution in [0.1, 0.15) is 34.8 Å². The lowest BCUT2D eigenvalue weighted by Gasteiger charge is -2.40. The third kappa shape index (κ3) is 5.58. The van der Waals surface area contributed by atoms with Gasteiger partial charge in [0.05, 0.1) is 18.2 Å². The number of benzene rings is 2. The fourth-order valence-corrected chi connectivity index (χ4v) is 4.03. The highest BCUT2D eigenvalue weighted by Gasteiger charge is 2.38. The lowest BCUT2D eigenvalue weighted by Crippen LogP contribution is -2.58. The molecule has 0 aliphatic carbocycles. The molecule has 1 aliphatic heterocycles. The maximum Gasteiger partial charge on any atom is 0.335 e. The molecule has 1 unspecified atom stereocenters. The number of amides is 3. The number of carboxylic acids is 1. The van der Waals surface area contributed by atoms with Crippen LogP contribution in [0.2, 0.25) is 5.02 Å². The van der Waals surface area contributed by atoms with E-state index in [9.17, 15) is 19.5 Å². The summed E-state index contributed by atoms with van der Waals surface area (Å²) < 4.78 is 5.83. The number of halogens is 1. The zero-order valence-corrected chi connectivity index (χ0v) is 20.5. The number of hydrogen-bond donors (Lipinski definition) is 2. The highest BCUT2D eigenvalue weighted by Crippen LogP contribution is 2.28. The van der Waals surface area contributed by atoms with Gasteiger partial charge in [-0.15, -0.1) is 0 Å². The Hall–Kier alpha value is -4.11. The Balaban J connectivity index is 1.54. The van der Waals surface area contributed by atoms with E-state index in [1.807, 2.05) is 19.1 Å². The number of carboxylic acid groups (broad SMARTS) is 1. The van der Waals surface area contributed by atoms with Gasteiger partial charge in [-0.1, -0.05) is 29.8 Å². The minimum Gasteiger partial charge on any atom is -0.478 e. The molecule has 9 nitrogen and oxygen atoms in total. The molecule has 4 rings (SSSR count). The number of anilines is 1. The number of carbonyl (C=O) groups excluding carboxylic acids is 2. The number of pyridine rings is 1. The molecule has 1 aliphatic rings. The average Bonchev–Trinajstić information content (AvgIpc) is 2.85. The van der Waals surface area contributed by atoms with Gasteiger partial charge in [0.25, 0.3) is 0 Å². The third-order valence-electron chi connectivity index (χ3n) is 5.79. The van der Waals surface area contributed by atoms with Crippen molar-refractivity contribution in [2.24, 2.45) is 0 Å². The molecule has 2 N–H and O–H groups in total. The van der Waals surface area contributed by atoms with E-state index in [0.717, 1.165) is 11.1 Å². The van der Waals surface area contributed by atoms with E-state index in [1.165, 1.54) is 23.2 Å². The Bertz CT molecular complexity index is 1300. The molecule has 0 bridgehead atoms. The summed E-state index contributed by atoms with van der Waals surface area (Å²) in [6.45, 7) is 4.16. The van der Waals surface area contributed by atoms with Crippen LogP contribution in [-0.4, -0.2) is 50.5 Å². The summed E-state index contributed by atoms with van der Waals surface area (Å²) in [5.74, 6) is -0.0128. The van der Waals surface area contributed by atoms with Crippen molar-refractivity contribution in [3.63, 3.8) is 0 Å². The SMILES string of the molecule is CCN1C(=O)CC(Nc2cc(C)c(Oc3cccc(C(=O)O)c3)cn2)N(Cc2ccc(Cl)cc2)C1=O. The molecule has 1 saturated heterocycles. The van der Waals surface area contributed by atoms with Gasteiger partial charge in [-0.25, -0.2) is 14.6 Å². The summed E-state index contributed by atoms with van der Waals surface area (Å²) in [6.07, 6.45) is 1.00. The highest BCUT2D eigenvalue weighted by atomic mass is 35.5. The van der Waals surface area contributed by atoms with Gasteiger partial charge in [-0.3, -0.25) is 14.6 Å². The molecular weight excluding hydrogens is 484 g/mol. The molecule has 1 aromatic heterocycles. The molecule has 1 atom stereocenters. The van der Waals surface area contributed by atoms with Gasteiger partial charge < -0.3 is 15.2 Å². The topological polar surface area (TPSA) is 112 Å². The zero-order valence-electron chi connectivity index (χ0n) is 19.8. The second-order valence-corrected chi connectivity index (χ2v) is 8.75. The van der Waals surface area contributed by atoms with Crippen LogP contribution in [0.3, 0.4) is 0 Å². The van der Waals surface area contributed by atoms with Gasteiger partial charge in [-0.05, 0) is 61.4 Å². The number of urea groups is 1. The van der Waals surface area contributed by atoms with E-state index in [2.05, 4.69) is 10.3 Å². The van der Waals surface area contributed by atoms with Crippen molar-refractivity contribution in [3.8, 4) is 11.5 Å². The first-order valence-electron chi connectivity index (χ1n) is 11.3. The molecule has 36 heavy (non-hydrogen) atoms. The van der Waals surface area contributed by atoms with Gasteiger partial charge in [0.1, 0.15) is 23.5 Å². The summed E-state index contributed by atoms with van der Waals surface area (Å²) in [5.41, 5.74) is 1.73. The first-order valence-corrected chi connectivity index (χ1v) is 11.7. The smallest absolute Gasteiger partial charge is 0.335 e. The Morgan fingerprint density at radius 1 is 1.19 bits per heavy atom. The molecular formula is C26H25ClN4O5. The van der Waals surface area contributed by atoms with Crippen LogP contribution < -0.4 is 10.1 Å². The van der Waals surface area contributed by atoms with Crippen molar-refractivity contribution < 1.29 is 24.2 Å². The van der Waals surface area contributed by atoms with Crippen LogP contribution in [-0.2, 0) is 11.3 Å². The number of imide groups is 1. The number of ether oxygens (including phenoxy) is 1. The molecule has 0 radical (unpaired) electrons. The van der Waals surface area contributed by atoms with Gasteiger partial charge in [0.15, 0.2) is 0 Å². The summed E-state index contributed by atoms with van der Waals surface area (Å²) in [7, 11) is 0. The fourth-order valence-electron chi connectivity index (χ4n) is 3.91. The number of rotatable bonds is 8. The average molecular weight is 509 g/mol. The predicted octanol–water partition coefficient (Wildman–Crippen LogP) is 5.15. The second-order valence-electron chi connectivity index (χ2n) is 8.31. The predicted molar refractivity (Wildman–Crippen MR) is 134 cm³/mol. The number of nitrogens with zero attached hydrogens (tertiary/aromatic N) is 3. The summed E-state index contributed by atoms with van der Waals surface area (Å²) >= 11 is 5.99. The largest absolute Gasteiger partial charge is 0.478 e. The molecule has 10 heteroatoms. The standard InChI is InChI=1S/C26H25ClN4O5/c1-3-30-24(32)13-23(31(26(30)35)15-17-7-9-19(27)10-8-17)29-22-11-16(2)21(14-28-22)36-20-6-4-5-18(12-20)25(33)34/h4-12,14,23H,3,13,15H2,1-2H3,(H,28,29)(H,33,34). The normalized spacial score (nSPS) is 15.7. The Labute approximate surface area is 213 Å². The molecule has 2 heterocycles. The third-order valence-corrected chi connectivity index (χ3v) is 6.04. The van der Waals surface area contributed by atoms with Crippen LogP contribution in [0.15, 0.2) is 60.8 Å². The molecule has 3 amide bonds. The minimum absolute atomic E-state index is 0.0914. The van der Waals surface area contributed by atoms with Gasteiger partial charge >= 0.3 is 12.0 Å². The van der Waals surface area contributed by atoms with E-state index in [1.54, 1.807) is 42.2 Å². The van der Waals surface area contributed by atoms with E-state index in [0.29, 0.717) is 22.3 Å². The lowest BCUT2D eigenvalue weighted by molar-refractivity contribution is -0.132. The number of aromatic nitrogens is 1. The number of nitrogens with one attached hydrogen (secondary N) is 1. The quantitative estimate of drug-likeness (QED) is 0.433. The van der Waals surface area contributed by atoms with E-state index in [4.69, 9.17) is 16.3 Å². The van der Waals surface area contributed by atoms with E-state index >= 15 is 0 Å². The first kappa shape index (κ1) is 25.0. The van der Waals surface area contributed by atoms with Crippen LogP contribution in [0.5, 0.6) is 11.5 Å². The van der Waals surface area contributed by atoms with Crippen molar-refractivity contribution in [3.05, 3.63) is 82.5 Å². The van der Waals surface area contributed by atoms with Crippen LogP contribution in [0, 0.1) is 6.92 Å². The first-order chi connectivity index (χ1) is 17.2. The molecule has 3 aromatic rings. The number of carbonyl (C=O) groups is 3. The van der Waals surface area contributed by atoms with Crippen LogP contribution in [0.25, 0.3) is 0 Å². The van der Waals surface area contributed by atoms with Gasteiger partial charge in [0, 0.05) is 18.1 Å². The lowest BCUT2D eigenvalue weighted by atomic mass is 10.1. The van der Waals surface area contributed by atoms with Crippen molar-refractivity contribution in [2.75, 3.05) is 11.9 Å². The monoisotopic (exact) mass is 508 g/mol. The van der Waals surface area contributed by atoms with Gasteiger partial charge in [0.2, 0.25) is 5.91 Å². The van der Waals surface area contributed by atoms with E-state index < -0.39 is 12.1 Å².